The van der Waals surface area contributed by atoms with Gasteiger partial charge in [-0.2, -0.15) is 0 Å². The molecule has 0 bridgehead atoms. The number of rotatable bonds is 4. The van der Waals surface area contributed by atoms with Gasteiger partial charge in [0, 0.05) is 37.1 Å². The van der Waals surface area contributed by atoms with E-state index in [4.69, 9.17) is 0 Å². The molecule has 9 heteroatoms. The Kier molecular flexibility index (Phi) is 4.43. The molecule has 0 unspecified atom stereocenters. The summed E-state index contributed by atoms with van der Waals surface area (Å²) >= 11 is 0. The third kappa shape index (κ3) is 3.49. The minimum atomic E-state index is -0.501. The zero-order valence-electron chi connectivity index (χ0n) is 17.0. The SMILES string of the molecule is Cc1cn2cc(NC(=O)c3cnc(N(C)[C@H]4CCNC5(CC5)C4)cn3)cc(F)c2n1. The van der Waals surface area contributed by atoms with E-state index in [-0.39, 0.29) is 11.3 Å². The van der Waals surface area contributed by atoms with Crippen LogP contribution in [0.1, 0.15) is 41.9 Å². The van der Waals surface area contributed by atoms with E-state index in [1.807, 2.05) is 7.05 Å². The second-order valence-electron chi connectivity index (χ2n) is 8.37. The highest BCUT2D eigenvalue weighted by atomic mass is 19.1. The molecule has 4 heterocycles. The molecule has 1 saturated carbocycles. The lowest BCUT2D eigenvalue weighted by molar-refractivity contribution is 0.102. The summed E-state index contributed by atoms with van der Waals surface area (Å²) in [6.45, 7) is 2.80. The number of aryl methyl sites for hydroxylation is 1. The molecule has 0 aromatic carbocycles. The minimum Gasteiger partial charge on any atom is -0.355 e. The maximum atomic E-state index is 14.2. The zero-order valence-corrected chi connectivity index (χ0v) is 17.0. The monoisotopic (exact) mass is 409 g/mol. The maximum Gasteiger partial charge on any atom is 0.275 e. The number of aromatic nitrogens is 4. The normalized spacial score (nSPS) is 19.8. The van der Waals surface area contributed by atoms with Gasteiger partial charge in [-0.15, -0.1) is 0 Å². The number of fused-ring (bicyclic) bond motifs is 1. The van der Waals surface area contributed by atoms with Gasteiger partial charge in [-0.3, -0.25) is 4.79 Å². The van der Waals surface area contributed by atoms with Gasteiger partial charge in [-0.1, -0.05) is 0 Å². The Morgan fingerprint density at radius 3 is 2.90 bits per heavy atom. The molecule has 3 aromatic rings. The van der Waals surface area contributed by atoms with E-state index < -0.39 is 11.7 Å². The first kappa shape index (κ1) is 18.9. The van der Waals surface area contributed by atoms with Gasteiger partial charge in [0.25, 0.3) is 5.91 Å². The number of imidazole rings is 1. The molecule has 0 radical (unpaired) electrons. The molecule has 1 amide bonds. The summed E-state index contributed by atoms with van der Waals surface area (Å²) in [5.41, 5.74) is 1.76. The first-order valence-electron chi connectivity index (χ1n) is 10.2. The molecule has 5 rings (SSSR count). The molecule has 156 valence electrons. The van der Waals surface area contributed by atoms with E-state index in [1.54, 1.807) is 29.9 Å². The Bertz CT molecular complexity index is 1110. The largest absolute Gasteiger partial charge is 0.355 e. The first-order valence-corrected chi connectivity index (χ1v) is 10.2. The highest BCUT2D eigenvalue weighted by Crippen LogP contribution is 2.43. The number of carbonyl (C=O) groups excluding carboxylic acids is 1. The molecule has 1 aliphatic carbocycles. The van der Waals surface area contributed by atoms with Crippen molar-refractivity contribution in [3.05, 3.63) is 48.1 Å². The fourth-order valence-corrected chi connectivity index (χ4v) is 4.24. The van der Waals surface area contributed by atoms with Crippen molar-refractivity contribution in [1.29, 1.82) is 0 Å². The summed E-state index contributed by atoms with van der Waals surface area (Å²) in [6.07, 6.45) is 11.1. The van der Waals surface area contributed by atoms with Crippen LogP contribution in [0.15, 0.2) is 30.9 Å². The lowest BCUT2D eigenvalue weighted by atomic mass is 9.96. The van der Waals surface area contributed by atoms with Crippen LogP contribution < -0.4 is 15.5 Å². The van der Waals surface area contributed by atoms with Crippen molar-refractivity contribution >= 4 is 23.1 Å². The number of hydrogen-bond acceptors (Lipinski definition) is 6. The second-order valence-corrected chi connectivity index (χ2v) is 8.37. The van der Waals surface area contributed by atoms with Crippen LogP contribution in [-0.2, 0) is 0 Å². The van der Waals surface area contributed by atoms with E-state index in [1.165, 1.54) is 25.1 Å². The van der Waals surface area contributed by atoms with Crippen LogP contribution in [0.2, 0.25) is 0 Å². The van der Waals surface area contributed by atoms with E-state index in [0.717, 1.165) is 25.2 Å². The molecular formula is C21H24FN7O. The molecular weight excluding hydrogens is 385 g/mol. The van der Waals surface area contributed by atoms with Crippen LogP contribution in [0.5, 0.6) is 0 Å². The predicted molar refractivity (Wildman–Crippen MR) is 111 cm³/mol. The molecule has 1 atom stereocenters. The summed E-state index contributed by atoms with van der Waals surface area (Å²) < 4.78 is 15.8. The number of nitrogens with one attached hydrogen (secondary N) is 2. The smallest absolute Gasteiger partial charge is 0.275 e. The molecule has 2 aliphatic rings. The van der Waals surface area contributed by atoms with Crippen molar-refractivity contribution in [2.75, 3.05) is 23.8 Å². The maximum absolute atomic E-state index is 14.2. The van der Waals surface area contributed by atoms with Crippen molar-refractivity contribution in [2.24, 2.45) is 0 Å². The number of piperidine rings is 1. The zero-order chi connectivity index (χ0) is 20.9. The third-order valence-electron chi connectivity index (χ3n) is 6.12. The van der Waals surface area contributed by atoms with Gasteiger partial charge in [0.15, 0.2) is 11.5 Å². The summed E-state index contributed by atoms with van der Waals surface area (Å²) in [5.74, 6) is -0.193. The lowest BCUT2D eigenvalue weighted by Crippen LogP contribution is -2.48. The van der Waals surface area contributed by atoms with Gasteiger partial charge < -0.3 is 19.9 Å². The number of halogens is 1. The molecule has 8 nitrogen and oxygen atoms in total. The van der Waals surface area contributed by atoms with E-state index >= 15 is 0 Å². The van der Waals surface area contributed by atoms with Gasteiger partial charge in [0.05, 0.1) is 23.8 Å². The summed E-state index contributed by atoms with van der Waals surface area (Å²) in [5, 5.41) is 6.30. The van der Waals surface area contributed by atoms with Crippen LogP contribution in [0, 0.1) is 12.7 Å². The van der Waals surface area contributed by atoms with E-state index in [2.05, 4.69) is 30.5 Å². The number of nitrogens with zero attached hydrogens (tertiary/aromatic N) is 5. The molecule has 30 heavy (non-hydrogen) atoms. The van der Waals surface area contributed by atoms with Crippen LogP contribution in [0.3, 0.4) is 0 Å². The quantitative estimate of drug-likeness (QED) is 0.689. The van der Waals surface area contributed by atoms with Crippen molar-refractivity contribution in [2.45, 2.75) is 44.2 Å². The standard InChI is InChI=1S/C21H24FN7O/c1-13-11-29-12-14(7-16(22)19(29)26-13)27-20(30)17-9-24-18(10-23-17)28(2)15-3-6-25-21(8-15)4-5-21/h7,9-12,15,25H,3-6,8H2,1-2H3,(H,27,30)/t15-/m0/s1. The van der Waals surface area contributed by atoms with Gasteiger partial charge in [-0.05, 0) is 39.2 Å². The predicted octanol–water partition coefficient (Wildman–Crippen LogP) is 2.54. The van der Waals surface area contributed by atoms with Gasteiger partial charge in [0.1, 0.15) is 11.5 Å². The minimum absolute atomic E-state index is 0.179. The third-order valence-corrected chi connectivity index (χ3v) is 6.12. The number of pyridine rings is 1. The van der Waals surface area contributed by atoms with E-state index in [9.17, 15) is 9.18 Å². The molecule has 3 aromatic heterocycles. The summed E-state index contributed by atoms with van der Waals surface area (Å²) in [7, 11) is 2.03. The number of hydrogen-bond donors (Lipinski definition) is 2. The van der Waals surface area contributed by atoms with Crippen molar-refractivity contribution < 1.29 is 9.18 Å². The van der Waals surface area contributed by atoms with Crippen molar-refractivity contribution in [3.63, 3.8) is 0 Å². The Hall–Kier alpha value is -3.07. The number of anilines is 2. The van der Waals surface area contributed by atoms with Crippen LogP contribution >= 0.6 is 0 Å². The van der Waals surface area contributed by atoms with Gasteiger partial charge in [0.2, 0.25) is 0 Å². The average molecular weight is 409 g/mol. The highest BCUT2D eigenvalue weighted by Gasteiger charge is 2.46. The van der Waals surface area contributed by atoms with E-state index in [0.29, 0.717) is 23.0 Å². The Morgan fingerprint density at radius 1 is 1.33 bits per heavy atom. The second kappa shape index (κ2) is 7.02. The summed E-state index contributed by atoms with van der Waals surface area (Å²) in [4.78, 5) is 27.6. The molecule has 2 fully saturated rings. The Labute approximate surface area is 173 Å². The van der Waals surface area contributed by atoms with Crippen LogP contribution in [0.4, 0.5) is 15.9 Å². The fourth-order valence-electron chi connectivity index (χ4n) is 4.24. The number of carbonyl (C=O) groups is 1. The average Bonchev–Trinajstić information content (AvgIpc) is 3.36. The lowest BCUT2D eigenvalue weighted by Gasteiger charge is -2.36. The molecule has 2 N–H and O–H groups in total. The van der Waals surface area contributed by atoms with Crippen molar-refractivity contribution in [1.82, 2.24) is 24.7 Å². The number of amides is 1. The molecule has 1 aliphatic heterocycles. The molecule has 1 saturated heterocycles. The summed E-state index contributed by atoms with van der Waals surface area (Å²) in [6, 6.07) is 1.66. The topological polar surface area (TPSA) is 87.5 Å². The van der Waals surface area contributed by atoms with Crippen LogP contribution in [0.25, 0.3) is 5.65 Å². The fraction of sp³-hybridized carbons (Fsp3) is 0.429. The van der Waals surface area contributed by atoms with Crippen LogP contribution in [-0.4, -0.2) is 50.4 Å². The first-order chi connectivity index (χ1) is 14.4. The molecule has 1 spiro atoms. The van der Waals surface area contributed by atoms with Crippen molar-refractivity contribution in [3.8, 4) is 0 Å². The highest BCUT2D eigenvalue weighted by molar-refractivity contribution is 6.02. The Balaban J connectivity index is 1.28. The van der Waals surface area contributed by atoms with Gasteiger partial charge >= 0.3 is 0 Å². The Morgan fingerprint density at radius 2 is 2.17 bits per heavy atom. The van der Waals surface area contributed by atoms with Gasteiger partial charge in [-0.25, -0.2) is 19.3 Å².